The molecule has 0 saturated heterocycles. The molecule has 0 bridgehead atoms. The second-order valence-corrected chi connectivity index (χ2v) is 6.02. The molecule has 2 aliphatic carbocycles. The first-order valence-electron chi connectivity index (χ1n) is 6.89. The van der Waals surface area contributed by atoms with E-state index >= 15 is 0 Å². The molecule has 0 amide bonds. The zero-order chi connectivity index (χ0) is 10.7. The Morgan fingerprint density at radius 2 is 1.67 bits per heavy atom. The fourth-order valence-corrected chi connectivity index (χ4v) is 4.08. The average Bonchev–Trinajstić information content (AvgIpc) is 2.29. The predicted octanol–water partition coefficient (Wildman–Crippen LogP) is 3.76. The van der Waals surface area contributed by atoms with Crippen LogP contribution in [0.15, 0.2) is 0 Å². The van der Waals surface area contributed by atoms with E-state index in [9.17, 15) is 5.11 Å². The summed E-state index contributed by atoms with van der Waals surface area (Å²) in [5.41, 5.74) is 0.643. The molecule has 1 N–H and O–H groups in total. The standard InChI is InChI=1S/C14H26O/c1-2-12-5-3-7-14(9-12)8-4-6-13(10-14)11-15/h12-13,15H,2-11H2,1H3/t12-,13+,14-/m0/s1. The first kappa shape index (κ1) is 11.4. The SMILES string of the molecule is CC[C@H]1CCC[C@]2(CCC[C@@H](CO)C2)C1. The maximum atomic E-state index is 9.33. The maximum Gasteiger partial charge on any atom is 0.0459 e. The van der Waals surface area contributed by atoms with Crippen molar-refractivity contribution >= 4 is 0 Å². The van der Waals surface area contributed by atoms with E-state index in [4.69, 9.17) is 0 Å². The number of hydrogen-bond donors (Lipinski definition) is 1. The van der Waals surface area contributed by atoms with Gasteiger partial charge in [-0.15, -0.1) is 0 Å². The molecule has 15 heavy (non-hydrogen) atoms. The smallest absolute Gasteiger partial charge is 0.0459 e. The van der Waals surface area contributed by atoms with E-state index in [0.717, 1.165) is 5.92 Å². The van der Waals surface area contributed by atoms with Crippen molar-refractivity contribution < 1.29 is 5.11 Å². The van der Waals surface area contributed by atoms with E-state index in [-0.39, 0.29) is 0 Å². The Morgan fingerprint density at radius 3 is 2.27 bits per heavy atom. The Balaban J connectivity index is 1.98. The molecule has 0 aromatic rings. The van der Waals surface area contributed by atoms with E-state index < -0.39 is 0 Å². The summed E-state index contributed by atoms with van der Waals surface area (Å²) < 4.78 is 0. The molecule has 0 aromatic carbocycles. The summed E-state index contributed by atoms with van der Waals surface area (Å²) in [5, 5.41) is 9.33. The minimum absolute atomic E-state index is 0.429. The molecule has 0 aliphatic heterocycles. The van der Waals surface area contributed by atoms with Crippen LogP contribution in [0, 0.1) is 17.3 Å². The second-order valence-electron chi connectivity index (χ2n) is 6.02. The van der Waals surface area contributed by atoms with Gasteiger partial charge in [0.2, 0.25) is 0 Å². The Morgan fingerprint density at radius 1 is 1.07 bits per heavy atom. The Labute approximate surface area is 94.3 Å². The van der Waals surface area contributed by atoms with Gasteiger partial charge in [0.05, 0.1) is 0 Å². The van der Waals surface area contributed by atoms with E-state index in [1.54, 1.807) is 0 Å². The molecule has 3 atom stereocenters. The highest BCUT2D eigenvalue weighted by atomic mass is 16.3. The molecule has 1 spiro atoms. The highest BCUT2D eigenvalue weighted by Crippen LogP contribution is 2.51. The second kappa shape index (κ2) is 4.86. The molecule has 2 rings (SSSR count). The summed E-state index contributed by atoms with van der Waals surface area (Å²) in [6.45, 7) is 2.77. The Kier molecular flexibility index (Phi) is 3.71. The van der Waals surface area contributed by atoms with E-state index in [1.165, 1.54) is 57.8 Å². The third kappa shape index (κ3) is 2.55. The minimum Gasteiger partial charge on any atom is -0.396 e. The van der Waals surface area contributed by atoms with Crippen LogP contribution in [0.4, 0.5) is 0 Å². The van der Waals surface area contributed by atoms with Crippen molar-refractivity contribution in [3.63, 3.8) is 0 Å². The largest absolute Gasteiger partial charge is 0.396 e. The van der Waals surface area contributed by atoms with Gasteiger partial charge < -0.3 is 5.11 Å². The van der Waals surface area contributed by atoms with Gasteiger partial charge in [-0.25, -0.2) is 0 Å². The lowest BCUT2D eigenvalue weighted by Gasteiger charge is -2.46. The summed E-state index contributed by atoms with van der Waals surface area (Å²) in [7, 11) is 0. The third-order valence-electron chi connectivity index (χ3n) is 4.92. The van der Waals surface area contributed by atoms with Crippen LogP contribution in [-0.4, -0.2) is 11.7 Å². The number of hydrogen-bond acceptors (Lipinski definition) is 1. The van der Waals surface area contributed by atoms with Crippen molar-refractivity contribution in [1.82, 2.24) is 0 Å². The van der Waals surface area contributed by atoms with E-state index in [1.807, 2.05) is 0 Å². The summed E-state index contributed by atoms with van der Waals surface area (Å²) >= 11 is 0. The monoisotopic (exact) mass is 210 g/mol. The topological polar surface area (TPSA) is 20.2 Å². The van der Waals surface area contributed by atoms with Crippen molar-refractivity contribution in [2.45, 2.75) is 64.7 Å². The van der Waals surface area contributed by atoms with Gasteiger partial charge in [-0.3, -0.25) is 0 Å². The van der Waals surface area contributed by atoms with Crippen LogP contribution in [0.5, 0.6) is 0 Å². The van der Waals surface area contributed by atoms with Gasteiger partial charge in [0, 0.05) is 6.61 Å². The lowest BCUT2D eigenvalue weighted by Crippen LogP contribution is -2.34. The minimum atomic E-state index is 0.429. The summed E-state index contributed by atoms with van der Waals surface area (Å²) in [5.74, 6) is 1.60. The van der Waals surface area contributed by atoms with Gasteiger partial charge in [0.1, 0.15) is 0 Å². The molecule has 1 heteroatoms. The average molecular weight is 210 g/mol. The van der Waals surface area contributed by atoms with Crippen LogP contribution in [0.25, 0.3) is 0 Å². The van der Waals surface area contributed by atoms with Gasteiger partial charge in [-0.1, -0.05) is 32.6 Å². The number of aliphatic hydroxyl groups excluding tert-OH is 1. The first-order valence-corrected chi connectivity index (χ1v) is 6.89. The highest BCUT2D eigenvalue weighted by molar-refractivity contribution is 4.90. The van der Waals surface area contributed by atoms with Crippen LogP contribution in [0.1, 0.15) is 64.7 Å². The highest BCUT2D eigenvalue weighted by Gasteiger charge is 2.39. The fourth-order valence-electron chi connectivity index (χ4n) is 4.08. The lowest BCUT2D eigenvalue weighted by molar-refractivity contribution is 0.0382. The van der Waals surface area contributed by atoms with Crippen LogP contribution >= 0.6 is 0 Å². The van der Waals surface area contributed by atoms with Crippen molar-refractivity contribution in [2.75, 3.05) is 6.61 Å². The lowest BCUT2D eigenvalue weighted by atomic mass is 9.60. The summed E-state index contributed by atoms with van der Waals surface area (Å²) in [6.07, 6.45) is 12.6. The number of rotatable bonds is 2. The molecule has 1 nitrogen and oxygen atoms in total. The van der Waals surface area contributed by atoms with Crippen molar-refractivity contribution in [3.05, 3.63) is 0 Å². The number of aliphatic hydroxyl groups is 1. The molecule has 0 heterocycles. The van der Waals surface area contributed by atoms with E-state index in [2.05, 4.69) is 6.92 Å². The molecular formula is C14H26O. The summed E-state index contributed by atoms with van der Waals surface area (Å²) in [4.78, 5) is 0. The van der Waals surface area contributed by atoms with Crippen molar-refractivity contribution in [1.29, 1.82) is 0 Å². The maximum absolute atomic E-state index is 9.33. The van der Waals surface area contributed by atoms with Gasteiger partial charge >= 0.3 is 0 Å². The zero-order valence-electron chi connectivity index (χ0n) is 10.2. The predicted molar refractivity (Wildman–Crippen MR) is 63.7 cm³/mol. The van der Waals surface area contributed by atoms with Gasteiger partial charge in [-0.2, -0.15) is 0 Å². The quantitative estimate of drug-likeness (QED) is 0.736. The Hall–Kier alpha value is -0.0400. The van der Waals surface area contributed by atoms with Gasteiger partial charge in [0.25, 0.3) is 0 Å². The molecule has 0 unspecified atom stereocenters. The van der Waals surface area contributed by atoms with E-state index in [0.29, 0.717) is 17.9 Å². The molecule has 88 valence electrons. The Bertz CT molecular complexity index is 178. The molecule has 0 radical (unpaired) electrons. The molecule has 0 aromatic heterocycles. The summed E-state index contributed by atoms with van der Waals surface area (Å²) in [6, 6.07) is 0. The zero-order valence-corrected chi connectivity index (χ0v) is 10.2. The molecule has 2 fully saturated rings. The normalized spacial score (nSPS) is 42.0. The molecular weight excluding hydrogens is 184 g/mol. The van der Waals surface area contributed by atoms with Crippen LogP contribution in [-0.2, 0) is 0 Å². The van der Waals surface area contributed by atoms with Crippen molar-refractivity contribution in [3.8, 4) is 0 Å². The van der Waals surface area contributed by atoms with Crippen LogP contribution in [0.2, 0.25) is 0 Å². The van der Waals surface area contributed by atoms with Crippen LogP contribution < -0.4 is 0 Å². The van der Waals surface area contributed by atoms with Gasteiger partial charge in [0.15, 0.2) is 0 Å². The van der Waals surface area contributed by atoms with Gasteiger partial charge in [-0.05, 0) is 49.4 Å². The van der Waals surface area contributed by atoms with Crippen molar-refractivity contribution in [2.24, 2.45) is 17.3 Å². The third-order valence-corrected chi connectivity index (χ3v) is 4.92. The molecule has 2 aliphatic rings. The van der Waals surface area contributed by atoms with Crippen LogP contribution in [0.3, 0.4) is 0 Å². The molecule has 2 saturated carbocycles. The fraction of sp³-hybridized carbons (Fsp3) is 1.00. The first-order chi connectivity index (χ1) is 7.28.